The molecule has 0 saturated carbocycles. The van der Waals surface area contributed by atoms with Gasteiger partial charge in [-0.1, -0.05) is 28.1 Å². The fraction of sp³-hybridized carbons (Fsp3) is 0.250. The maximum absolute atomic E-state index is 5.93. The highest BCUT2D eigenvalue weighted by Gasteiger charge is 2.11. The third-order valence-electron chi connectivity index (χ3n) is 2.87. The van der Waals surface area contributed by atoms with Gasteiger partial charge in [-0.3, -0.25) is 0 Å². The fourth-order valence-electron chi connectivity index (χ4n) is 1.88. The van der Waals surface area contributed by atoms with Crippen LogP contribution in [-0.2, 0) is 0 Å². The lowest BCUT2D eigenvalue weighted by molar-refractivity contribution is 0.214. The first-order valence-electron chi connectivity index (χ1n) is 6.58. The topological polar surface area (TPSA) is 44.5 Å². The van der Waals surface area contributed by atoms with Crippen molar-refractivity contribution in [3.8, 4) is 11.5 Å². The summed E-state index contributed by atoms with van der Waals surface area (Å²) in [6.07, 6.45) is -0.152. The molecule has 106 valence electrons. The van der Waals surface area contributed by atoms with E-state index in [1.54, 1.807) is 0 Å². The van der Waals surface area contributed by atoms with Crippen LogP contribution in [0.4, 0.5) is 0 Å². The van der Waals surface area contributed by atoms with Gasteiger partial charge < -0.3 is 15.2 Å². The van der Waals surface area contributed by atoms with Crippen LogP contribution >= 0.6 is 15.9 Å². The standard InChI is InChI=1S/C16H18BrNO2/c1-2-19-14-7-9-15(10-8-14)20-16(11-18)12-3-5-13(17)6-4-12/h3-10,16H,2,11,18H2,1H3. The summed E-state index contributed by atoms with van der Waals surface area (Å²) in [4.78, 5) is 0. The van der Waals surface area contributed by atoms with E-state index in [1.807, 2.05) is 55.5 Å². The van der Waals surface area contributed by atoms with Crippen molar-refractivity contribution in [1.29, 1.82) is 0 Å². The Kier molecular flexibility index (Phi) is 5.44. The highest BCUT2D eigenvalue weighted by Crippen LogP contribution is 2.24. The molecule has 2 N–H and O–H groups in total. The molecule has 0 aromatic heterocycles. The van der Waals surface area contributed by atoms with Crippen molar-refractivity contribution < 1.29 is 9.47 Å². The van der Waals surface area contributed by atoms with Crippen LogP contribution in [0, 0.1) is 0 Å². The van der Waals surface area contributed by atoms with Crippen molar-refractivity contribution in [3.63, 3.8) is 0 Å². The SMILES string of the molecule is CCOc1ccc(OC(CN)c2ccc(Br)cc2)cc1. The second kappa shape index (κ2) is 7.31. The molecule has 2 rings (SSSR count). The number of hydrogen-bond acceptors (Lipinski definition) is 3. The van der Waals surface area contributed by atoms with Gasteiger partial charge in [0.05, 0.1) is 6.61 Å². The summed E-state index contributed by atoms with van der Waals surface area (Å²) in [5.74, 6) is 1.62. The molecule has 20 heavy (non-hydrogen) atoms. The Bertz CT molecular complexity index is 525. The van der Waals surface area contributed by atoms with Crippen molar-refractivity contribution in [2.24, 2.45) is 5.73 Å². The van der Waals surface area contributed by atoms with E-state index in [1.165, 1.54) is 0 Å². The molecule has 0 saturated heterocycles. The van der Waals surface area contributed by atoms with Gasteiger partial charge >= 0.3 is 0 Å². The van der Waals surface area contributed by atoms with Crippen LogP contribution in [0.5, 0.6) is 11.5 Å². The van der Waals surface area contributed by atoms with E-state index in [0.717, 1.165) is 21.5 Å². The summed E-state index contributed by atoms with van der Waals surface area (Å²) < 4.78 is 12.4. The molecular formula is C16H18BrNO2. The van der Waals surface area contributed by atoms with E-state index in [2.05, 4.69) is 15.9 Å². The van der Waals surface area contributed by atoms with Gasteiger partial charge in [0, 0.05) is 11.0 Å². The molecular weight excluding hydrogens is 318 g/mol. The Morgan fingerprint density at radius 1 is 1.00 bits per heavy atom. The Morgan fingerprint density at radius 2 is 1.60 bits per heavy atom. The lowest BCUT2D eigenvalue weighted by atomic mass is 10.1. The number of benzene rings is 2. The van der Waals surface area contributed by atoms with Crippen LogP contribution in [0.2, 0.25) is 0 Å². The van der Waals surface area contributed by atoms with Crippen molar-refractivity contribution in [1.82, 2.24) is 0 Å². The molecule has 2 aromatic rings. The van der Waals surface area contributed by atoms with Crippen molar-refractivity contribution in [2.75, 3.05) is 13.2 Å². The lowest BCUT2D eigenvalue weighted by Gasteiger charge is -2.18. The second-order valence-electron chi connectivity index (χ2n) is 4.30. The number of hydrogen-bond donors (Lipinski definition) is 1. The number of rotatable bonds is 6. The van der Waals surface area contributed by atoms with E-state index in [9.17, 15) is 0 Å². The minimum atomic E-state index is -0.152. The zero-order chi connectivity index (χ0) is 14.4. The summed E-state index contributed by atoms with van der Waals surface area (Å²) in [7, 11) is 0. The molecule has 0 spiro atoms. The first-order valence-corrected chi connectivity index (χ1v) is 7.37. The predicted molar refractivity (Wildman–Crippen MR) is 84.2 cm³/mol. The number of nitrogens with two attached hydrogens (primary N) is 1. The van der Waals surface area contributed by atoms with E-state index < -0.39 is 0 Å². The summed E-state index contributed by atoms with van der Waals surface area (Å²) in [5.41, 5.74) is 6.87. The van der Waals surface area contributed by atoms with E-state index in [-0.39, 0.29) is 6.10 Å². The lowest BCUT2D eigenvalue weighted by Crippen LogP contribution is -2.18. The predicted octanol–water partition coefficient (Wildman–Crippen LogP) is 3.93. The maximum atomic E-state index is 5.93. The first kappa shape index (κ1) is 14.9. The van der Waals surface area contributed by atoms with E-state index in [4.69, 9.17) is 15.2 Å². The molecule has 0 aliphatic heterocycles. The summed E-state index contributed by atoms with van der Waals surface area (Å²) in [6, 6.07) is 15.6. The Labute approximate surface area is 127 Å². The molecule has 0 amide bonds. The normalized spacial score (nSPS) is 11.9. The zero-order valence-electron chi connectivity index (χ0n) is 11.4. The van der Waals surface area contributed by atoms with Crippen LogP contribution in [0.3, 0.4) is 0 Å². The Morgan fingerprint density at radius 3 is 2.15 bits per heavy atom. The minimum Gasteiger partial charge on any atom is -0.494 e. The summed E-state index contributed by atoms with van der Waals surface area (Å²) >= 11 is 3.42. The zero-order valence-corrected chi connectivity index (χ0v) is 13.0. The van der Waals surface area contributed by atoms with Crippen LogP contribution in [-0.4, -0.2) is 13.2 Å². The monoisotopic (exact) mass is 335 g/mol. The van der Waals surface area contributed by atoms with Crippen LogP contribution in [0.25, 0.3) is 0 Å². The van der Waals surface area contributed by atoms with Gasteiger partial charge in [-0.05, 0) is 48.9 Å². The fourth-order valence-corrected chi connectivity index (χ4v) is 2.14. The third-order valence-corrected chi connectivity index (χ3v) is 3.40. The van der Waals surface area contributed by atoms with Crippen LogP contribution in [0.15, 0.2) is 53.0 Å². The van der Waals surface area contributed by atoms with Gasteiger partial charge in [-0.15, -0.1) is 0 Å². The summed E-state index contributed by atoms with van der Waals surface area (Å²) in [6.45, 7) is 3.04. The van der Waals surface area contributed by atoms with Crippen LogP contribution < -0.4 is 15.2 Å². The van der Waals surface area contributed by atoms with Gasteiger partial charge in [0.25, 0.3) is 0 Å². The number of ether oxygens (including phenoxy) is 2. The Balaban J connectivity index is 2.07. The van der Waals surface area contributed by atoms with Crippen molar-refractivity contribution >= 4 is 15.9 Å². The molecule has 2 aromatic carbocycles. The third kappa shape index (κ3) is 3.99. The highest BCUT2D eigenvalue weighted by molar-refractivity contribution is 9.10. The van der Waals surface area contributed by atoms with E-state index in [0.29, 0.717) is 13.2 Å². The van der Waals surface area contributed by atoms with Gasteiger partial charge in [-0.2, -0.15) is 0 Å². The van der Waals surface area contributed by atoms with Gasteiger partial charge in [0.15, 0.2) is 0 Å². The van der Waals surface area contributed by atoms with Gasteiger partial charge in [0.1, 0.15) is 17.6 Å². The number of halogens is 1. The molecule has 3 nitrogen and oxygen atoms in total. The second-order valence-corrected chi connectivity index (χ2v) is 5.21. The highest BCUT2D eigenvalue weighted by atomic mass is 79.9. The maximum Gasteiger partial charge on any atom is 0.136 e. The molecule has 0 aliphatic rings. The smallest absolute Gasteiger partial charge is 0.136 e. The van der Waals surface area contributed by atoms with Crippen molar-refractivity contribution in [3.05, 3.63) is 58.6 Å². The van der Waals surface area contributed by atoms with Gasteiger partial charge in [0.2, 0.25) is 0 Å². The largest absolute Gasteiger partial charge is 0.494 e. The van der Waals surface area contributed by atoms with Gasteiger partial charge in [-0.25, -0.2) is 0 Å². The molecule has 0 bridgehead atoms. The molecule has 0 aliphatic carbocycles. The average Bonchev–Trinajstić information content (AvgIpc) is 2.48. The Hall–Kier alpha value is -1.52. The summed E-state index contributed by atoms with van der Waals surface area (Å²) in [5, 5.41) is 0. The quantitative estimate of drug-likeness (QED) is 0.869. The first-order chi connectivity index (χ1) is 9.72. The molecule has 1 atom stereocenters. The molecule has 0 radical (unpaired) electrons. The molecule has 1 unspecified atom stereocenters. The average molecular weight is 336 g/mol. The van der Waals surface area contributed by atoms with Crippen LogP contribution in [0.1, 0.15) is 18.6 Å². The minimum absolute atomic E-state index is 0.152. The molecule has 0 fully saturated rings. The van der Waals surface area contributed by atoms with Crippen molar-refractivity contribution in [2.45, 2.75) is 13.0 Å². The molecule has 0 heterocycles. The molecule has 4 heteroatoms. The van der Waals surface area contributed by atoms with E-state index >= 15 is 0 Å².